The summed E-state index contributed by atoms with van der Waals surface area (Å²) < 4.78 is 36.5. The van der Waals surface area contributed by atoms with E-state index in [-0.39, 0.29) is 6.54 Å². The molecular weight excluding hydrogens is 247 g/mol. The van der Waals surface area contributed by atoms with E-state index in [1.165, 1.54) is 0 Å². The predicted molar refractivity (Wildman–Crippen MR) is 49.0 cm³/mol. The van der Waals surface area contributed by atoms with Gasteiger partial charge in [0.05, 0.1) is 0 Å². The number of nitrogens with zero attached hydrogens (tertiary/aromatic N) is 1. The second-order valence-electron chi connectivity index (χ2n) is 3.50. The second-order valence-corrected chi connectivity index (χ2v) is 4.60. The molecule has 0 aromatic rings. The molecular formula is C8H13BrF3N. The normalized spacial score (nSPS) is 27.9. The van der Waals surface area contributed by atoms with Gasteiger partial charge in [-0.05, 0) is 26.3 Å². The van der Waals surface area contributed by atoms with Gasteiger partial charge in [0, 0.05) is 12.6 Å². The Kier molecular flexibility index (Phi) is 3.63. The van der Waals surface area contributed by atoms with Gasteiger partial charge < -0.3 is 0 Å². The van der Waals surface area contributed by atoms with Crippen LogP contribution in [0.5, 0.6) is 0 Å². The topological polar surface area (TPSA) is 3.24 Å². The summed E-state index contributed by atoms with van der Waals surface area (Å²) in [6.07, 6.45) is -2.10. The number of alkyl halides is 4. The summed E-state index contributed by atoms with van der Waals surface area (Å²) in [7, 11) is 0. The van der Waals surface area contributed by atoms with Crippen molar-refractivity contribution < 1.29 is 13.2 Å². The van der Waals surface area contributed by atoms with Crippen LogP contribution in [-0.2, 0) is 0 Å². The molecule has 13 heavy (non-hydrogen) atoms. The zero-order valence-corrected chi connectivity index (χ0v) is 9.03. The van der Waals surface area contributed by atoms with E-state index in [1.807, 2.05) is 11.8 Å². The third-order valence-electron chi connectivity index (χ3n) is 2.44. The largest absolute Gasteiger partial charge is 0.402 e. The van der Waals surface area contributed by atoms with E-state index in [0.29, 0.717) is 6.04 Å². The minimum Gasteiger partial charge on any atom is -0.299 e. The predicted octanol–water partition coefficient (Wildman–Crippen LogP) is 2.80. The van der Waals surface area contributed by atoms with Crippen molar-refractivity contribution in [1.82, 2.24) is 4.90 Å². The van der Waals surface area contributed by atoms with E-state index in [9.17, 15) is 13.2 Å². The first-order valence-corrected chi connectivity index (χ1v) is 5.27. The molecule has 2 atom stereocenters. The summed E-state index contributed by atoms with van der Waals surface area (Å²) in [6.45, 7) is 2.84. The quantitative estimate of drug-likeness (QED) is 0.690. The van der Waals surface area contributed by atoms with E-state index in [1.54, 1.807) is 0 Å². The van der Waals surface area contributed by atoms with E-state index in [2.05, 4.69) is 15.9 Å². The van der Waals surface area contributed by atoms with E-state index < -0.39 is 11.0 Å². The smallest absolute Gasteiger partial charge is 0.299 e. The zero-order chi connectivity index (χ0) is 10.1. The number of hydrogen-bond acceptors (Lipinski definition) is 1. The Hall–Kier alpha value is 0.230. The van der Waals surface area contributed by atoms with Gasteiger partial charge in [0.2, 0.25) is 0 Å². The monoisotopic (exact) mass is 259 g/mol. The maximum absolute atomic E-state index is 12.2. The molecule has 0 saturated carbocycles. The third-order valence-corrected chi connectivity index (χ3v) is 3.25. The lowest BCUT2D eigenvalue weighted by Gasteiger charge is -2.24. The molecule has 2 unspecified atom stereocenters. The minimum absolute atomic E-state index is 0.0741. The molecule has 1 nitrogen and oxygen atoms in total. The number of likely N-dealkylation sites (tertiary alicyclic amines) is 1. The van der Waals surface area contributed by atoms with Crippen LogP contribution in [0.4, 0.5) is 13.2 Å². The van der Waals surface area contributed by atoms with Crippen LogP contribution in [0.15, 0.2) is 0 Å². The Morgan fingerprint density at radius 2 is 2.15 bits per heavy atom. The van der Waals surface area contributed by atoms with Crippen LogP contribution in [0.2, 0.25) is 0 Å². The van der Waals surface area contributed by atoms with Crippen LogP contribution in [0, 0.1) is 0 Å². The van der Waals surface area contributed by atoms with Crippen LogP contribution in [-0.4, -0.2) is 35.0 Å². The molecule has 0 radical (unpaired) electrons. The maximum Gasteiger partial charge on any atom is 0.402 e. The van der Waals surface area contributed by atoms with Crippen LogP contribution < -0.4 is 0 Å². The molecule has 1 rings (SSSR count). The summed E-state index contributed by atoms with van der Waals surface area (Å²) in [5.74, 6) is 0. The molecule has 0 bridgehead atoms. The van der Waals surface area contributed by atoms with Crippen molar-refractivity contribution >= 4 is 15.9 Å². The second kappa shape index (κ2) is 4.17. The molecule has 0 amide bonds. The first-order chi connectivity index (χ1) is 5.91. The minimum atomic E-state index is -4.12. The molecule has 0 aliphatic carbocycles. The van der Waals surface area contributed by atoms with E-state index in [4.69, 9.17) is 0 Å². The highest BCUT2D eigenvalue weighted by Crippen LogP contribution is 2.29. The van der Waals surface area contributed by atoms with Gasteiger partial charge in [-0.1, -0.05) is 15.9 Å². The number of hydrogen-bond donors (Lipinski definition) is 0. The van der Waals surface area contributed by atoms with Gasteiger partial charge in [-0.3, -0.25) is 4.90 Å². The Bertz CT molecular complexity index is 171. The Balaban J connectivity index is 2.40. The fourth-order valence-corrected chi connectivity index (χ4v) is 1.95. The SMILES string of the molecule is CC1CCCN1CC(Br)C(F)(F)F. The van der Waals surface area contributed by atoms with Gasteiger partial charge in [0.1, 0.15) is 4.83 Å². The lowest BCUT2D eigenvalue weighted by Crippen LogP contribution is -2.38. The molecule has 1 fully saturated rings. The van der Waals surface area contributed by atoms with E-state index in [0.717, 1.165) is 19.4 Å². The van der Waals surface area contributed by atoms with Gasteiger partial charge in [0.25, 0.3) is 0 Å². The van der Waals surface area contributed by atoms with Gasteiger partial charge in [-0.25, -0.2) is 0 Å². The highest BCUT2D eigenvalue weighted by molar-refractivity contribution is 9.09. The van der Waals surface area contributed by atoms with E-state index >= 15 is 0 Å². The molecule has 1 aliphatic heterocycles. The lowest BCUT2D eigenvalue weighted by molar-refractivity contribution is -0.130. The maximum atomic E-state index is 12.2. The summed E-state index contributed by atoms with van der Waals surface area (Å²) in [6, 6.07) is 0.294. The molecule has 0 aromatic carbocycles. The van der Waals surface area contributed by atoms with Crippen LogP contribution in [0.25, 0.3) is 0 Å². The van der Waals surface area contributed by atoms with Crippen molar-refractivity contribution in [2.45, 2.75) is 36.8 Å². The van der Waals surface area contributed by atoms with Crippen molar-refractivity contribution in [1.29, 1.82) is 0 Å². The molecule has 0 spiro atoms. The van der Waals surface area contributed by atoms with Crippen molar-refractivity contribution in [2.75, 3.05) is 13.1 Å². The van der Waals surface area contributed by atoms with Gasteiger partial charge in [0.15, 0.2) is 0 Å². The molecule has 1 aliphatic rings. The molecule has 0 aromatic heterocycles. The first-order valence-electron chi connectivity index (χ1n) is 4.36. The Morgan fingerprint density at radius 3 is 2.54 bits per heavy atom. The Labute approximate surface area is 84.4 Å². The van der Waals surface area contributed by atoms with Crippen LogP contribution in [0.3, 0.4) is 0 Å². The standard InChI is InChI=1S/C8H13BrF3N/c1-6-3-2-4-13(6)5-7(9)8(10,11)12/h6-7H,2-5H2,1H3. The molecule has 5 heteroatoms. The van der Waals surface area contributed by atoms with Crippen molar-refractivity contribution in [3.63, 3.8) is 0 Å². The zero-order valence-electron chi connectivity index (χ0n) is 7.44. The summed E-state index contributed by atoms with van der Waals surface area (Å²) >= 11 is 2.67. The van der Waals surface area contributed by atoms with Crippen LogP contribution >= 0.6 is 15.9 Å². The average molecular weight is 260 g/mol. The van der Waals surface area contributed by atoms with Crippen molar-refractivity contribution in [3.8, 4) is 0 Å². The summed E-state index contributed by atoms with van der Waals surface area (Å²) in [5, 5.41) is 0. The highest BCUT2D eigenvalue weighted by Gasteiger charge is 2.39. The van der Waals surface area contributed by atoms with Gasteiger partial charge in [-0.15, -0.1) is 0 Å². The highest BCUT2D eigenvalue weighted by atomic mass is 79.9. The van der Waals surface area contributed by atoms with Crippen molar-refractivity contribution in [2.24, 2.45) is 0 Å². The number of rotatable bonds is 2. The summed E-state index contributed by atoms with van der Waals surface area (Å²) in [4.78, 5) is 0.493. The molecule has 78 valence electrons. The fraction of sp³-hybridized carbons (Fsp3) is 1.00. The molecule has 0 N–H and O–H groups in total. The first kappa shape index (κ1) is 11.3. The summed E-state index contributed by atoms with van der Waals surface area (Å²) in [5.41, 5.74) is 0. The molecule has 1 heterocycles. The van der Waals surface area contributed by atoms with Crippen molar-refractivity contribution in [3.05, 3.63) is 0 Å². The average Bonchev–Trinajstić information content (AvgIpc) is 2.34. The third kappa shape index (κ3) is 3.13. The number of halogens is 4. The Morgan fingerprint density at radius 1 is 1.54 bits per heavy atom. The molecule has 1 saturated heterocycles. The lowest BCUT2D eigenvalue weighted by atomic mass is 10.2. The fourth-order valence-electron chi connectivity index (χ4n) is 1.57. The van der Waals surface area contributed by atoms with Gasteiger partial charge in [-0.2, -0.15) is 13.2 Å². The van der Waals surface area contributed by atoms with Crippen LogP contribution in [0.1, 0.15) is 19.8 Å². The van der Waals surface area contributed by atoms with Gasteiger partial charge >= 0.3 is 6.18 Å².